The zero-order valence-corrected chi connectivity index (χ0v) is 12.9. The molecule has 0 saturated carbocycles. The van der Waals surface area contributed by atoms with Gasteiger partial charge in [-0.3, -0.25) is 9.59 Å². The number of hydrogen-bond acceptors (Lipinski definition) is 4. The Morgan fingerprint density at radius 1 is 1.24 bits per heavy atom. The van der Waals surface area contributed by atoms with Gasteiger partial charge in [0.05, 0.1) is 12.7 Å². The summed E-state index contributed by atoms with van der Waals surface area (Å²) < 4.78 is 10.5. The number of esters is 1. The molecule has 2 rings (SSSR count). The molecule has 21 heavy (non-hydrogen) atoms. The number of ether oxygens (including phenoxy) is 1. The molecule has 0 radical (unpaired) electrons. The average Bonchev–Trinajstić information content (AvgIpc) is 2.77. The fourth-order valence-electron chi connectivity index (χ4n) is 1.90. The Morgan fingerprint density at radius 2 is 1.95 bits per heavy atom. The number of Topliss-reactive ketones (excluding diaryl/α,β-unsaturated/α-hetero) is 1. The topological polar surface area (TPSA) is 56.5 Å². The molecule has 0 atom stereocenters. The van der Waals surface area contributed by atoms with Gasteiger partial charge < -0.3 is 9.15 Å². The van der Waals surface area contributed by atoms with E-state index in [0.29, 0.717) is 0 Å². The fraction of sp³-hybridized carbons (Fsp3) is 0.412. The molecule has 4 heteroatoms. The number of furan rings is 1. The number of ketones is 1. The van der Waals surface area contributed by atoms with Gasteiger partial charge in [0, 0.05) is 16.4 Å². The highest BCUT2D eigenvalue weighted by Crippen LogP contribution is 2.23. The van der Waals surface area contributed by atoms with Crippen molar-refractivity contribution in [2.75, 3.05) is 6.61 Å². The molecule has 1 heterocycles. The molecule has 1 aromatic heterocycles. The van der Waals surface area contributed by atoms with Gasteiger partial charge >= 0.3 is 5.97 Å². The number of carbonyl (C=O) groups excluding carboxylic acids is 2. The first-order valence-electron chi connectivity index (χ1n) is 6.93. The van der Waals surface area contributed by atoms with Gasteiger partial charge in [-0.1, -0.05) is 32.9 Å². The summed E-state index contributed by atoms with van der Waals surface area (Å²) in [6.07, 6.45) is 1.67. The molecule has 0 saturated heterocycles. The highest BCUT2D eigenvalue weighted by molar-refractivity contribution is 5.89. The maximum Gasteiger partial charge on any atom is 0.310 e. The summed E-state index contributed by atoms with van der Waals surface area (Å²) in [6, 6.07) is 5.82. The van der Waals surface area contributed by atoms with E-state index in [4.69, 9.17) is 9.15 Å². The minimum absolute atomic E-state index is 0.0940. The highest BCUT2D eigenvalue weighted by Gasteiger charge is 2.22. The van der Waals surface area contributed by atoms with Crippen LogP contribution in [0.2, 0.25) is 0 Å². The van der Waals surface area contributed by atoms with Gasteiger partial charge in [0.25, 0.3) is 0 Å². The molecule has 4 nitrogen and oxygen atoms in total. The van der Waals surface area contributed by atoms with E-state index in [1.54, 1.807) is 27.0 Å². The first-order chi connectivity index (χ1) is 9.77. The number of carbonyl (C=O) groups is 2. The van der Waals surface area contributed by atoms with E-state index >= 15 is 0 Å². The Hall–Kier alpha value is -2.10. The third-order valence-corrected chi connectivity index (χ3v) is 3.35. The second kappa shape index (κ2) is 5.72. The first-order valence-corrected chi connectivity index (χ1v) is 6.93. The molecule has 0 N–H and O–H groups in total. The summed E-state index contributed by atoms with van der Waals surface area (Å²) in [5, 5.41) is 0.902. The van der Waals surface area contributed by atoms with Crippen LogP contribution in [0.15, 0.2) is 28.9 Å². The summed E-state index contributed by atoms with van der Waals surface area (Å²) >= 11 is 0. The fourth-order valence-corrected chi connectivity index (χ4v) is 1.90. The van der Waals surface area contributed by atoms with E-state index in [9.17, 15) is 9.59 Å². The normalized spacial score (nSPS) is 11.6. The van der Waals surface area contributed by atoms with Crippen molar-refractivity contribution >= 4 is 22.7 Å². The molecule has 0 bridgehead atoms. The van der Waals surface area contributed by atoms with Gasteiger partial charge in [-0.2, -0.15) is 0 Å². The van der Waals surface area contributed by atoms with Gasteiger partial charge in [-0.15, -0.1) is 0 Å². The third-order valence-electron chi connectivity index (χ3n) is 3.35. The van der Waals surface area contributed by atoms with Crippen LogP contribution in [-0.2, 0) is 20.7 Å². The third kappa shape index (κ3) is 3.72. The van der Waals surface area contributed by atoms with Crippen LogP contribution >= 0.6 is 0 Å². The van der Waals surface area contributed by atoms with Crippen LogP contribution in [0.1, 0.15) is 31.9 Å². The Labute approximate surface area is 124 Å². The van der Waals surface area contributed by atoms with Crippen LogP contribution < -0.4 is 0 Å². The van der Waals surface area contributed by atoms with Crippen molar-refractivity contribution in [1.82, 2.24) is 0 Å². The molecule has 0 unspecified atom stereocenters. The molecular formula is C17H20O4. The molecule has 0 fully saturated rings. The van der Waals surface area contributed by atoms with Crippen molar-refractivity contribution in [3.05, 3.63) is 35.6 Å². The number of aryl methyl sites for hydroxylation is 1. The maximum atomic E-state index is 11.8. The lowest BCUT2D eigenvalue weighted by molar-refractivity contribution is -0.149. The molecular weight excluding hydrogens is 268 g/mol. The standard InChI is InChI=1S/C17H20O4/c1-11-5-6-13-12(9-20-14(13)7-11)8-16(19)21-10-15(18)17(2,3)4/h5-7,9H,8,10H2,1-4H3. The van der Waals surface area contributed by atoms with E-state index < -0.39 is 11.4 Å². The Bertz CT molecular complexity index is 674. The lowest BCUT2D eigenvalue weighted by Gasteiger charge is -2.16. The van der Waals surface area contributed by atoms with E-state index in [0.717, 1.165) is 22.1 Å². The van der Waals surface area contributed by atoms with Crippen molar-refractivity contribution in [3.8, 4) is 0 Å². The van der Waals surface area contributed by atoms with Crippen molar-refractivity contribution < 1.29 is 18.7 Å². The number of fused-ring (bicyclic) bond motifs is 1. The molecule has 112 valence electrons. The molecule has 1 aromatic carbocycles. The quantitative estimate of drug-likeness (QED) is 0.809. The van der Waals surface area contributed by atoms with Crippen LogP contribution in [0.4, 0.5) is 0 Å². The average molecular weight is 288 g/mol. The molecule has 0 amide bonds. The van der Waals surface area contributed by atoms with Gasteiger partial charge in [-0.25, -0.2) is 0 Å². The van der Waals surface area contributed by atoms with Crippen molar-refractivity contribution in [3.63, 3.8) is 0 Å². The van der Waals surface area contributed by atoms with Crippen molar-refractivity contribution in [2.45, 2.75) is 34.1 Å². The molecule has 0 aliphatic rings. The second-order valence-electron chi connectivity index (χ2n) is 6.27. The Kier molecular flexibility index (Phi) is 4.16. The first kappa shape index (κ1) is 15.3. The monoisotopic (exact) mass is 288 g/mol. The highest BCUT2D eigenvalue weighted by atomic mass is 16.5. The van der Waals surface area contributed by atoms with Crippen LogP contribution in [0.3, 0.4) is 0 Å². The SMILES string of the molecule is Cc1ccc2c(CC(=O)OCC(=O)C(C)(C)C)coc2c1. The van der Waals surface area contributed by atoms with Gasteiger partial charge in [0.15, 0.2) is 12.4 Å². The minimum Gasteiger partial charge on any atom is -0.464 e. The van der Waals surface area contributed by atoms with Crippen molar-refractivity contribution in [1.29, 1.82) is 0 Å². The Morgan fingerprint density at radius 3 is 2.62 bits per heavy atom. The van der Waals surface area contributed by atoms with Gasteiger partial charge in [-0.05, 0) is 18.6 Å². The summed E-state index contributed by atoms with van der Waals surface area (Å²) in [6.45, 7) is 7.20. The summed E-state index contributed by atoms with van der Waals surface area (Å²) in [5.74, 6) is -0.514. The van der Waals surface area contributed by atoms with Crippen LogP contribution in [0.25, 0.3) is 11.0 Å². The van der Waals surface area contributed by atoms with Gasteiger partial charge in [0.2, 0.25) is 0 Å². The minimum atomic E-state index is -0.500. The number of hydrogen-bond donors (Lipinski definition) is 0. The van der Waals surface area contributed by atoms with Gasteiger partial charge in [0.1, 0.15) is 5.58 Å². The molecule has 0 aliphatic carbocycles. The number of benzene rings is 1. The predicted octanol–water partition coefficient (Wildman–Crippen LogP) is 3.44. The largest absolute Gasteiger partial charge is 0.464 e. The zero-order chi connectivity index (χ0) is 15.6. The number of rotatable bonds is 4. The van der Waals surface area contributed by atoms with Crippen LogP contribution in [0.5, 0.6) is 0 Å². The summed E-state index contributed by atoms with van der Waals surface area (Å²) in [7, 11) is 0. The van der Waals surface area contributed by atoms with Crippen LogP contribution in [0, 0.1) is 12.3 Å². The summed E-state index contributed by atoms with van der Waals surface area (Å²) in [5.41, 5.74) is 2.13. The second-order valence-corrected chi connectivity index (χ2v) is 6.27. The molecule has 2 aromatic rings. The lowest BCUT2D eigenvalue weighted by atomic mass is 9.91. The zero-order valence-electron chi connectivity index (χ0n) is 12.9. The maximum absolute atomic E-state index is 11.8. The Balaban J connectivity index is 2.00. The predicted molar refractivity (Wildman–Crippen MR) is 80.1 cm³/mol. The molecule has 0 spiro atoms. The van der Waals surface area contributed by atoms with E-state index in [1.165, 1.54) is 0 Å². The lowest BCUT2D eigenvalue weighted by Crippen LogP contribution is -2.26. The smallest absolute Gasteiger partial charge is 0.310 e. The van der Waals surface area contributed by atoms with Crippen molar-refractivity contribution in [2.24, 2.45) is 5.41 Å². The van der Waals surface area contributed by atoms with E-state index in [2.05, 4.69) is 0 Å². The van der Waals surface area contributed by atoms with Crippen LogP contribution in [-0.4, -0.2) is 18.4 Å². The summed E-state index contributed by atoms with van der Waals surface area (Å²) in [4.78, 5) is 23.6. The van der Waals surface area contributed by atoms with E-state index in [-0.39, 0.29) is 18.8 Å². The molecule has 0 aliphatic heterocycles. The van der Waals surface area contributed by atoms with E-state index in [1.807, 2.05) is 25.1 Å².